The molecule has 0 saturated heterocycles. The van der Waals surface area contributed by atoms with Crippen LogP contribution in [0.4, 0.5) is 0 Å². The highest BCUT2D eigenvalue weighted by atomic mass is 35.5. The number of aromatic nitrogens is 2. The third kappa shape index (κ3) is 3.08. The number of hydrogen-bond donors (Lipinski definition) is 1. The van der Waals surface area contributed by atoms with Crippen molar-refractivity contribution < 1.29 is 0 Å². The molecule has 0 unspecified atom stereocenters. The molecule has 0 bridgehead atoms. The van der Waals surface area contributed by atoms with Crippen LogP contribution in [-0.2, 0) is 19.5 Å². The lowest BCUT2D eigenvalue weighted by molar-refractivity contribution is 0.241. The summed E-state index contributed by atoms with van der Waals surface area (Å²) in [7, 11) is 0. The van der Waals surface area contributed by atoms with Crippen molar-refractivity contribution in [3.63, 3.8) is 0 Å². The van der Waals surface area contributed by atoms with E-state index in [1.165, 1.54) is 0 Å². The molecule has 0 radical (unpaired) electrons. The number of rotatable bonds is 3. The molecule has 0 spiro atoms. The van der Waals surface area contributed by atoms with Gasteiger partial charge in [-0.3, -0.25) is 9.69 Å². The predicted octanol–water partition coefficient (Wildman–Crippen LogP) is 3.11. The zero-order valence-electron chi connectivity index (χ0n) is 12.9. The lowest BCUT2D eigenvalue weighted by atomic mass is 10.0. The van der Waals surface area contributed by atoms with Crippen molar-refractivity contribution in [1.29, 1.82) is 0 Å². The second-order valence-electron chi connectivity index (χ2n) is 6.08. The summed E-state index contributed by atoms with van der Waals surface area (Å²) in [5, 5.41) is 0.774. The lowest BCUT2D eigenvalue weighted by Crippen LogP contribution is -2.36. The van der Waals surface area contributed by atoms with Gasteiger partial charge in [-0.2, -0.15) is 0 Å². The summed E-state index contributed by atoms with van der Waals surface area (Å²) in [6.45, 7) is 6.35. The first kappa shape index (κ1) is 15.3. The van der Waals surface area contributed by atoms with Crippen LogP contribution in [0.5, 0.6) is 0 Å². The number of benzene rings is 1. The predicted molar refractivity (Wildman–Crippen MR) is 88.2 cm³/mol. The van der Waals surface area contributed by atoms with E-state index in [0.717, 1.165) is 47.2 Å². The molecular weight excluding hydrogens is 298 g/mol. The summed E-state index contributed by atoms with van der Waals surface area (Å²) in [6, 6.07) is 7.85. The molecule has 0 amide bonds. The second-order valence-corrected chi connectivity index (χ2v) is 6.49. The maximum atomic E-state index is 12.3. The number of nitrogens with zero attached hydrogens (tertiary/aromatic N) is 2. The minimum Gasteiger partial charge on any atom is -0.310 e. The summed E-state index contributed by atoms with van der Waals surface area (Å²) in [4.78, 5) is 22.1. The van der Waals surface area contributed by atoms with E-state index in [9.17, 15) is 4.79 Å². The Bertz CT molecular complexity index is 739. The Morgan fingerprint density at radius 3 is 2.86 bits per heavy atom. The number of halogens is 1. The van der Waals surface area contributed by atoms with Gasteiger partial charge in [-0.15, -0.1) is 0 Å². The van der Waals surface area contributed by atoms with Crippen LogP contribution in [-0.4, -0.2) is 21.4 Å². The second kappa shape index (κ2) is 6.23. The van der Waals surface area contributed by atoms with E-state index in [1.54, 1.807) is 0 Å². The molecule has 4 nitrogen and oxygen atoms in total. The molecule has 0 aliphatic carbocycles. The number of hydrogen-bond acceptors (Lipinski definition) is 3. The van der Waals surface area contributed by atoms with Gasteiger partial charge in [0, 0.05) is 37.0 Å². The van der Waals surface area contributed by atoms with Gasteiger partial charge in [-0.05, 0) is 11.6 Å². The first-order valence-electron chi connectivity index (χ1n) is 7.62. The normalized spacial score (nSPS) is 15.1. The van der Waals surface area contributed by atoms with Gasteiger partial charge < -0.3 is 4.98 Å². The highest BCUT2D eigenvalue weighted by Gasteiger charge is 2.22. The Labute approximate surface area is 135 Å². The molecule has 0 saturated carbocycles. The van der Waals surface area contributed by atoms with Gasteiger partial charge in [0.05, 0.1) is 11.3 Å². The van der Waals surface area contributed by atoms with Crippen LogP contribution in [0.15, 0.2) is 29.1 Å². The van der Waals surface area contributed by atoms with Gasteiger partial charge in [0.15, 0.2) is 0 Å². The summed E-state index contributed by atoms with van der Waals surface area (Å²) in [6.07, 6.45) is 0.809. The van der Waals surface area contributed by atoms with E-state index in [2.05, 4.69) is 14.9 Å². The molecule has 5 heteroatoms. The number of aromatic amines is 1. The fourth-order valence-electron chi connectivity index (χ4n) is 2.78. The van der Waals surface area contributed by atoms with Crippen LogP contribution in [0.1, 0.15) is 42.4 Å². The van der Waals surface area contributed by atoms with Gasteiger partial charge in [0.2, 0.25) is 0 Å². The summed E-state index contributed by atoms with van der Waals surface area (Å²) < 4.78 is 0. The van der Waals surface area contributed by atoms with Gasteiger partial charge in [0.1, 0.15) is 5.82 Å². The van der Waals surface area contributed by atoms with Crippen molar-refractivity contribution in [3.8, 4) is 0 Å². The van der Waals surface area contributed by atoms with Crippen LogP contribution in [0.2, 0.25) is 5.02 Å². The molecule has 116 valence electrons. The summed E-state index contributed by atoms with van der Waals surface area (Å²) in [5.74, 6) is 1.02. The minimum absolute atomic E-state index is 0.00226. The maximum absolute atomic E-state index is 12.3. The molecule has 1 aliphatic heterocycles. The van der Waals surface area contributed by atoms with E-state index in [-0.39, 0.29) is 11.5 Å². The lowest BCUT2D eigenvalue weighted by Gasteiger charge is -2.28. The Morgan fingerprint density at radius 1 is 1.36 bits per heavy atom. The molecule has 22 heavy (non-hydrogen) atoms. The fourth-order valence-corrected chi connectivity index (χ4v) is 2.97. The number of fused-ring (bicyclic) bond motifs is 1. The van der Waals surface area contributed by atoms with Gasteiger partial charge in [-0.25, -0.2) is 4.98 Å². The van der Waals surface area contributed by atoms with E-state index >= 15 is 0 Å². The third-order valence-electron chi connectivity index (χ3n) is 4.06. The average molecular weight is 318 g/mol. The topological polar surface area (TPSA) is 49.0 Å². The largest absolute Gasteiger partial charge is 0.310 e. The summed E-state index contributed by atoms with van der Waals surface area (Å²) >= 11 is 6.22. The summed E-state index contributed by atoms with van der Waals surface area (Å²) in [5.41, 5.74) is 2.83. The molecule has 1 aromatic heterocycles. The first-order chi connectivity index (χ1) is 10.5. The third-order valence-corrected chi connectivity index (χ3v) is 4.43. The van der Waals surface area contributed by atoms with Gasteiger partial charge in [-0.1, -0.05) is 43.6 Å². The highest BCUT2D eigenvalue weighted by Crippen LogP contribution is 2.21. The Balaban J connectivity index is 1.82. The molecule has 0 fully saturated rings. The molecule has 1 aromatic carbocycles. The number of H-pyrrole nitrogens is 1. The molecule has 0 atom stereocenters. The standard InChI is InChI=1S/C17H20ClN3O/c1-11(2)16-19-15-7-8-21(10-13(15)17(22)20-16)9-12-5-3-4-6-14(12)18/h3-6,11H,7-10H2,1-2H3,(H,19,20,22). The van der Waals surface area contributed by atoms with Crippen molar-refractivity contribution in [1.82, 2.24) is 14.9 Å². The molecule has 1 aliphatic rings. The zero-order valence-corrected chi connectivity index (χ0v) is 13.7. The van der Waals surface area contributed by atoms with E-state index < -0.39 is 0 Å². The van der Waals surface area contributed by atoms with Crippen molar-refractivity contribution in [3.05, 3.63) is 62.3 Å². The van der Waals surface area contributed by atoms with E-state index in [1.807, 2.05) is 38.1 Å². The minimum atomic E-state index is -0.00226. The van der Waals surface area contributed by atoms with Crippen LogP contribution < -0.4 is 5.56 Å². The zero-order chi connectivity index (χ0) is 15.7. The highest BCUT2D eigenvalue weighted by molar-refractivity contribution is 6.31. The quantitative estimate of drug-likeness (QED) is 0.946. The van der Waals surface area contributed by atoms with Crippen LogP contribution in [0.25, 0.3) is 0 Å². The molecule has 1 N–H and O–H groups in total. The smallest absolute Gasteiger partial charge is 0.255 e. The Hall–Kier alpha value is -1.65. The van der Waals surface area contributed by atoms with Crippen molar-refractivity contribution in [2.45, 2.75) is 39.3 Å². The fraction of sp³-hybridized carbons (Fsp3) is 0.412. The van der Waals surface area contributed by atoms with E-state index in [0.29, 0.717) is 6.54 Å². The van der Waals surface area contributed by atoms with Crippen molar-refractivity contribution in [2.24, 2.45) is 0 Å². The Morgan fingerprint density at radius 2 is 2.14 bits per heavy atom. The van der Waals surface area contributed by atoms with E-state index in [4.69, 9.17) is 11.6 Å². The maximum Gasteiger partial charge on any atom is 0.255 e. The molecule has 3 rings (SSSR count). The van der Waals surface area contributed by atoms with Gasteiger partial charge >= 0.3 is 0 Å². The Kier molecular flexibility index (Phi) is 4.32. The van der Waals surface area contributed by atoms with Crippen LogP contribution >= 0.6 is 11.6 Å². The first-order valence-corrected chi connectivity index (χ1v) is 8.00. The van der Waals surface area contributed by atoms with Gasteiger partial charge in [0.25, 0.3) is 5.56 Å². The SMILES string of the molecule is CC(C)c1nc2c(c(=O)[nH]1)CN(Cc1ccccc1Cl)CC2. The molecular formula is C17H20ClN3O. The molecule has 2 heterocycles. The van der Waals surface area contributed by atoms with Crippen LogP contribution in [0, 0.1) is 0 Å². The van der Waals surface area contributed by atoms with Crippen LogP contribution in [0.3, 0.4) is 0 Å². The average Bonchev–Trinajstić information content (AvgIpc) is 2.50. The van der Waals surface area contributed by atoms with Crippen molar-refractivity contribution >= 4 is 11.6 Å². The monoisotopic (exact) mass is 317 g/mol. The number of nitrogens with one attached hydrogen (secondary N) is 1. The van der Waals surface area contributed by atoms with Crippen molar-refractivity contribution in [2.75, 3.05) is 6.54 Å². The molecule has 2 aromatic rings.